The van der Waals surface area contributed by atoms with E-state index < -0.39 is 23.0 Å². The molecule has 0 spiro atoms. The first-order valence-corrected chi connectivity index (χ1v) is 10.3. The third-order valence-electron chi connectivity index (χ3n) is 5.04. The van der Waals surface area contributed by atoms with Gasteiger partial charge in [0.2, 0.25) is 0 Å². The van der Waals surface area contributed by atoms with Crippen molar-refractivity contribution in [1.29, 1.82) is 0 Å². The number of nitrogens with zero attached hydrogens (tertiary/aromatic N) is 1. The lowest BCUT2D eigenvalue weighted by Gasteiger charge is -2.12. The summed E-state index contributed by atoms with van der Waals surface area (Å²) in [5, 5.41) is 1.84. The highest BCUT2D eigenvalue weighted by atomic mass is 32.2. The molecule has 4 amide bonds. The summed E-state index contributed by atoms with van der Waals surface area (Å²) in [6, 6.07) is 14.8. The molecule has 158 valence electrons. The number of anilines is 1. The second-order valence-corrected chi connectivity index (χ2v) is 7.95. The van der Waals surface area contributed by atoms with Gasteiger partial charge in [0.1, 0.15) is 17.3 Å². The fourth-order valence-corrected chi connectivity index (χ4v) is 4.28. The van der Waals surface area contributed by atoms with E-state index in [0.717, 1.165) is 16.7 Å². The first-order valence-electron chi connectivity index (χ1n) is 9.46. The molecule has 0 aliphatic carbocycles. The van der Waals surface area contributed by atoms with E-state index in [-0.39, 0.29) is 10.5 Å². The maximum Gasteiger partial charge on any atom is 0.298 e. The van der Waals surface area contributed by atoms with E-state index in [9.17, 15) is 19.2 Å². The maximum atomic E-state index is 12.8. The van der Waals surface area contributed by atoms with E-state index in [1.807, 2.05) is 0 Å². The summed E-state index contributed by atoms with van der Waals surface area (Å²) in [6.07, 6.45) is 1.50. The quantitative estimate of drug-likeness (QED) is 0.475. The predicted octanol–water partition coefficient (Wildman–Crippen LogP) is 4.08. The number of carbonyl (C=O) groups is 4. The van der Waals surface area contributed by atoms with Crippen LogP contribution in [0.5, 0.6) is 5.75 Å². The third-order valence-corrected chi connectivity index (χ3v) is 5.91. The first-order chi connectivity index (χ1) is 15.4. The molecule has 0 bridgehead atoms. The molecule has 32 heavy (non-hydrogen) atoms. The molecule has 2 aromatic carbocycles. The lowest BCUT2D eigenvalue weighted by atomic mass is 10.0. The Morgan fingerprint density at radius 3 is 2.44 bits per heavy atom. The van der Waals surface area contributed by atoms with Gasteiger partial charge in [-0.3, -0.25) is 24.5 Å². The molecule has 0 saturated carbocycles. The molecule has 1 saturated heterocycles. The Morgan fingerprint density at radius 1 is 0.938 bits per heavy atom. The molecule has 3 aromatic rings. The van der Waals surface area contributed by atoms with Crippen LogP contribution in [0.1, 0.15) is 26.5 Å². The number of carbonyl (C=O) groups excluding carboxylic acids is 4. The van der Waals surface area contributed by atoms with Crippen LogP contribution in [0.4, 0.5) is 10.5 Å². The van der Waals surface area contributed by atoms with E-state index in [1.54, 1.807) is 54.6 Å². The van der Waals surface area contributed by atoms with E-state index in [0.29, 0.717) is 34.1 Å². The van der Waals surface area contributed by atoms with Crippen LogP contribution in [-0.4, -0.2) is 30.1 Å². The summed E-state index contributed by atoms with van der Waals surface area (Å²) in [7, 11) is 1.53. The molecule has 0 radical (unpaired) electrons. The summed E-state index contributed by atoms with van der Waals surface area (Å²) in [4.78, 5) is 50.2. The second-order valence-electron chi connectivity index (χ2n) is 6.96. The molecule has 1 N–H and O–H groups in total. The second kappa shape index (κ2) is 7.54. The SMILES string of the molecule is COc1ccc(N2C(=O)SC(=Cc3ccc(-c4ccc5c(c4)C(=O)NC5=O)o3)C2=O)cc1. The number of hydrogen-bond donors (Lipinski definition) is 1. The van der Waals surface area contributed by atoms with Gasteiger partial charge < -0.3 is 9.15 Å². The lowest BCUT2D eigenvalue weighted by molar-refractivity contribution is -0.113. The van der Waals surface area contributed by atoms with Gasteiger partial charge in [-0.15, -0.1) is 0 Å². The average molecular weight is 446 g/mol. The Morgan fingerprint density at radius 2 is 1.69 bits per heavy atom. The monoisotopic (exact) mass is 446 g/mol. The van der Waals surface area contributed by atoms with Crippen molar-refractivity contribution in [2.24, 2.45) is 0 Å². The van der Waals surface area contributed by atoms with E-state index >= 15 is 0 Å². The summed E-state index contributed by atoms with van der Waals surface area (Å²) < 4.78 is 10.9. The van der Waals surface area contributed by atoms with Gasteiger partial charge in [0, 0.05) is 11.6 Å². The number of methoxy groups -OCH3 is 1. The summed E-state index contributed by atoms with van der Waals surface area (Å²) in [5.74, 6) is 0.126. The van der Waals surface area contributed by atoms with Gasteiger partial charge in [-0.2, -0.15) is 0 Å². The largest absolute Gasteiger partial charge is 0.497 e. The van der Waals surface area contributed by atoms with Crippen molar-refractivity contribution in [1.82, 2.24) is 5.32 Å². The van der Waals surface area contributed by atoms with Gasteiger partial charge in [0.05, 0.1) is 28.8 Å². The van der Waals surface area contributed by atoms with Crippen LogP contribution in [0.15, 0.2) is 63.9 Å². The average Bonchev–Trinajstić information content (AvgIpc) is 3.45. The van der Waals surface area contributed by atoms with Crippen LogP contribution in [0, 0.1) is 0 Å². The highest BCUT2D eigenvalue weighted by molar-refractivity contribution is 8.19. The lowest BCUT2D eigenvalue weighted by Crippen LogP contribution is -2.27. The number of imide groups is 2. The smallest absolute Gasteiger partial charge is 0.298 e. The van der Waals surface area contributed by atoms with Gasteiger partial charge in [-0.25, -0.2) is 4.90 Å². The minimum atomic E-state index is -0.453. The molecular weight excluding hydrogens is 432 g/mol. The molecular formula is C23H14N2O6S. The molecule has 9 heteroatoms. The molecule has 8 nitrogen and oxygen atoms in total. The Bertz CT molecular complexity index is 1340. The Balaban J connectivity index is 1.40. The number of amides is 4. The number of furan rings is 1. The van der Waals surface area contributed by atoms with Crippen LogP contribution in [0.2, 0.25) is 0 Å². The third kappa shape index (κ3) is 3.28. The first kappa shape index (κ1) is 19.8. The fourth-order valence-electron chi connectivity index (χ4n) is 3.46. The number of thioether (sulfide) groups is 1. The topological polar surface area (TPSA) is 106 Å². The van der Waals surface area contributed by atoms with Gasteiger partial charge in [-0.05, 0) is 60.3 Å². The van der Waals surface area contributed by atoms with Crippen molar-refractivity contribution in [3.05, 3.63) is 76.4 Å². The fraction of sp³-hybridized carbons (Fsp3) is 0.0435. The van der Waals surface area contributed by atoms with Gasteiger partial charge in [0.25, 0.3) is 23.0 Å². The minimum Gasteiger partial charge on any atom is -0.497 e. The van der Waals surface area contributed by atoms with E-state index in [1.165, 1.54) is 13.2 Å². The van der Waals surface area contributed by atoms with Crippen LogP contribution in [0.25, 0.3) is 17.4 Å². The van der Waals surface area contributed by atoms with E-state index in [4.69, 9.17) is 9.15 Å². The Kier molecular flexibility index (Phi) is 4.67. The van der Waals surface area contributed by atoms with Crippen LogP contribution < -0.4 is 15.0 Å². The minimum absolute atomic E-state index is 0.227. The highest BCUT2D eigenvalue weighted by Crippen LogP contribution is 2.37. The number of ether oxygens (including phenoxy) is 1. The summed E-state index contributed by atoms with van der Waals surface area (Å²) >= 11 is 0.820. The number of benzene rings is 2. The van der Waals surface area contributed by atoms with Crippen molar-refractivity contribution >= 4 is 46.5 Å². The number of rotatable bonds is 4. The van der Waals surface area contributed by atoms with Crippen LogP contribution in [0.3, 0.4) is 0 Å². The molecule has 2 aliphatic heterocycles. The molecule has 0 atom stereocenters. The Hall–Kier alpha value is -4.11. The number of nitrogens with one attached hydrogen (secondary N) is 1. The summed E-state index contributed by atoms with van der Waals surface area (Å²) in [6.45, 7) is 0. The van der Waals surface area contributed by atoms with E-state index in [2.05, 4.69) is 5.32 Å². The van der Waals surface area contributed by atoms with Crippen LogP contribution in [-0.2, 0) is 4.79 Å². The molecule has 5 rings (SSSR count). The van der Waals surface area contributed by atoms with Gasteiger partial charge >= 0.3 is 0 Å². The Labute approximate surface area is 185 Å². The molecule has 1 aromatic heterocycles. The normalized spacial score (nSPS) is 16.7. The zero-order valence-corrected chi connectivity index (χ0v) is 17.4. The zero-order valence-electron chi connectivity index (χ0n) is 16.6. The van der Waals surface area contributed by atoms with Crippen molar-refractivity contribution < 1.29 is 28.3 Å². The van der Waals surface area contributed by atoms with Crippen molar-refractivity contribution in [3.8, 4) is 17.1 Å². The molecule has 2 aliphatic rings. The molecule has 1 fully saturated rings. The van der Waals surface area contributed by atoms with Crippen LogP contribution >= 0.6 is 11.8 Å². The molecule has 0 unspecified atom stereocenters. The number of fused-ring (bicyclic) bond motifs is 1. The molecule has 3 heterocycles. The van der Waals surface area contributed by atoms with Gasteiger partial charge in [-0.1, -0.05) is 6.07 Å². The maximum absolute atomic E-state index is 12.8. The highest BCUT2D eigenvalue weighted by Gasteiger charge is 2.36. The summed E-state index contributed by atoms with van der Waals surface area (Å²) in [5.41, 5.74) is 1.66. The van der Waals surface area contributed by atoms with Gasteiger partial charge in [0.15, 0.2) is 0 Å². The van der Waals surface area contributed by atoms with Crippen molar-refractivity contribution in [2.75, 3.05) is 12.0 Å². The standard InChI is InChI=1S/C23H14N2O6S/c1-30-14-5-3-13(4-6-14)25-22(28)19(32-23(25)29)11-15-7-9-18(31-15)12-2-8-16-17(10-12)21(27)24-20(16)26/h2-11H,1H3,(H,24,26,27). The zero-order chi connectivity index (χ0) is 22.4. The number of hydrogen-bond acceptors (Lipinski definition) is 7. The van der Waals surface area contributed by atoms with Crippen molar-refractivity contribution in [2.45, 2.75) is 0 Å². The van der Waals surface area contributed by atoms with Crippen molar-refractivity contribution in [3.63, 3.8) is 0 Å². The predicted molar refractivity (Wildman–Crippen MR) is 117 cm³/mol.